The minimum atomic E-state index is -0.764. The lowest BCUT2D eigenvalue weighted by Gasteiger charge is -2.41. The van der Waals surface area contributed by atoms with Gasteiger partial charge in [0.15, 0.2) is 0 Å². The van der Waals surface area contributed by atoms with Crippen molar-refractivity contribution in [1.82, 2.24) is 10.6 Å². The zero-order valence-electron chi connectivity index (χ0n) is 11.9. The van der Waals surface area contributed by atoms with E-state index in [0.29, 0.717) is 18.5 Å². The summed E-state index contributed by atoms with van der Waals surface area (Å²) in [5, 5.41) is 14.9. The molecule has 0 aliphatic heterocycles. The number of hydrogen-bond acceptors (Lipinski definition) is 2. The standard InChI is InChI=1S/C15H24N2O3/c18-13(19)8-15(4-1-5-15)9-16-14(20)17-12-7-10-2-3-11(12)6-10/h10-12H,1-9H2,(H,18,19)(H2,16,17,20). The minimum absolute atomic E-state index is 0.112. The Balaban J connectivity index is 1.44. The van der Waals surface area contributed by atoms with Crippen LogP contribution >= 0.6 is 0 Å². The first-order valence-corrected chi connectivity index (χ1v) is 7.82. The summed E-state index contributed by atoms with van der Waals surface area (Å²) in [6.45, 7) is 0.492. The number of rotatable bonds is 5. The quantitative estimate of drug-likeness (QED) is 0.721. The van der Waals surface area contributed by atoms with E-state index in [4.69, 9.17) is 5.11 Å². The van der Waals surface area contributed by atoms with E-state index < -0.39 is 5.97 Å². The third kappa shape index (κ3) is 2.76. The van der Waals surface area contributed by atoms with Crippen molar-refractivity contribution >= 4 is 12.0 Å². The molecular formula is C15H24N2O3. The van der Waals surface area contributed by atoms with Crippen LogP contribution in [0.2, 0.25) is 0 Å². The van der Waals surface area contributed by atoms with Crippen molar-refractivity contribution in [3.05, 3.63) is 0 Å². The molecule has 3 N–H and O–H groups in total. The van der Waals surface area contributed by atoms with E-state index in [0.717, 1.165) is 31.6 Å². The molecule has 3 atom stereocenters. The van der Waals surface area contributed by atoms with Gasteiger partial charge in [-0.25, -0.2) is 4.79 Å². The van der Waals surface area contributed by atoms with Crippen LogP contribution in [-0.2, 0) is 4.79 Å². The topological polar surface area (TPSA) is 78.4 Å². The molecule has 0 aromatic rings. The maximum absolute atomic E-state index is 12.0. The number of carboxylic acids is 1. The van der Waals surface area contributed by atoms with Gasteiger partial charge in [0.05, 0.1) is 6.42 Å². The van der Waals surface area contributed by atoms with Crippen molar-refractivity contribution < 1.29 is 14.7 Å². The average molecular weight is 280 g/mol. The van der Waals surface area contributed by atoms with Crippen molar-refractivity contribution in [3.8, 4) is 0 Å². The molecule has 2 amide bonds. The molecule has 0 aromatic carbocycles. The Labute approximate surface area is 119 Å². The maximum Gasteiger partial charge on any atom is 0.315 e. The molecule has 3 aliphatic rings. The van der Waals surface area contributed by atoms with Crippen LogP contribution in [0.15, 0.2) is 0 Å². The van der Waals surface area contributed by atoms with Gasteiger partial charge in [0.2, 0.25) is 0 Å². The normalized spacial score (nSPS) is 33.5. The van der Waals surface area contributed by atoms with Crippen LogP contribution in [0, 0.1) is 17.3 Å². The number of amides is 2. The van der Waals surface area contributed by atoms with Crippen molar-refractivity contribution in [3.63, 3.8) is 0 Å². The van der Waals surface area contributed by atoms with E-state index in [2.05, 4.69) is 10.6 Å². The van der Waals surface area contributed by atoms with Crippen LogP contribution in [0.1, 0.15) is 51.4 Å². The summed E-state index contributed by atoms with van der Waals surface area (Å²) in [5.41, 5.74) is -0.197. The summed E-state index contributed by atoms with van der Waals surface area (Å²) in [7, 11) is 0. The van der Waals surface area contributed by atoms with Crippen LogP contribution in [0.25, 0.3) is 0 Å². The monoisotopic (exact) mass is 280 g/mol. The lowest BCUT2D eigenvalue weighted by molar-refractivity contribution is -0.141. The predicted octanol–water partition coefficient (Wildman–Crippen LogP) is 2.12. The summed E-state index contributed by atoms with van der Waals surface area (Å²) in [4.78, 5) is 22.9. The summed E-state index contributed by atoms with van der Waals surface area (Å²) < 4.78 is 0. The maximum atomic E-state index is 12.0. The van der Waals surface area contributed by atoms with Gasteiger partial charge in [-0.2, -0.15) is 0 Å². The molecule has 0 heterocycles. The Morgan fingerprint density at radius 2 is 2.00 bits per heavy atom. The fourth-order valence-electron chi connectivity index (χ4n) is 4.32. The zero-order valence-corrected chi connectivity index (χ0v) is 11.9. The number of carbonyl (C=O) groups is 2. The number of urea groups is 1. The van der Waals surface area contributed by atoms with E-state index >= 15 is 0 Å². The molecule has 20 heavy (non-hydrogen) atoms. The van der Waals surface area contributed by atoms with Gasteiger partial charge in [0.25, 0.3) is 0 Å². The fraction of sp³-hybridized carbons (Fsp3) is 0.867. The highest BCUT2D eigenvalue weighted by Gasteiger charge is 2.41. The number of carbonyl (C=O) groups excluding carboxylic acids is 1. The van der Waals surface area contributed by atoms with Gasteiger partial charge in [-0.15, -0.1) is 0 Å². The number of nitrogens with one attached hydrogen (secondary N) is 2. The molecule has 5 heteroatoms. The van der Waals surface area contributed by atoms with E-state index in [1.165, 1.54) is 19.3 Å². The Bertz CT molecular complexity index is 406. The highest BCUT2D eigenvalue weighted by atomic mass is 16.4. The van der Waals surface area contributed by atoms with Gasteiger partial charge >= 0.3 is 12.0 Å². The van der Waals surface area contributed by atoms with Gasteiger partial charge in [0, 0.05) is 12.6 Å². The number of hydrogen-bond donors (Lipinski definition) is 3. The van der Waals surface area contributed by atoms with Gasteiger partial charge in [0.1, 0.15) is 0 Å². The number of aliphatic carboxylic acids is 1. The van der Waals surface area contributed by atoms with E-state index in [9.17, 15) is 9.59 Å². The molecule has 3 rings (SSSR count). The van der Waals surface area contributed by atoms with Crippen molar-refractivity contribution in [2.45, 2.75) is 57.4 Å². The largest absolute Gasteiger partial charge is 0.481 e. The van der Waals surface area contributed by atoms with Gasteiger partial charge < -0.3 is 15.7 Å². The first-order chi connectivity index (χ1) is 9.56. The smallest absolute Gasteiger partial charge is 0.315 e. The molecule has 0 aromatic heterocycles. The lowest BCUT2D eigenvalue weighted by atomic mass is 9.66. The summed E-state index contributed by atoms with van der Waals surface area (Å²) in [6, 6.07) is 0.227. The minimum Gasteiger partial charge on any atom is -0.481 e. The molecule has 3 aliphatic carbocycles. The van der Waals surface area contributed by atoms with Crippen molar-refractivity contribution in [1.29, 1.82) is 0 Å². The van der Waals surface area contributed by atoms with Crippen molar-refractivity contribution in [2.24, 2.45) is 17.3 Å². The molecule has 112 valence electrons. The summed E-state index contributed by atoms with van der Waals surface area (Å²) in [6.07, 6.45) is 8.03. The first kappa shape index (κ1) is 13.7. The van der Waals surface area contributed by atoms with Gasteiger partial charge in [-0.05, 0) is 49.4 Å². The van der Waals surface area contributed by atoms with Crippen LogP contribution < -0.4 is 10.6 Å². The number of fused-ring (bicyclic) bond motifs is 2. The van der Waals surface area contributed by atoms with E-state index in [1.807, 2.05) is 0 Å². The molecule has 3 fully saturated rings. The van der Waals surface area contributed by atoms with Crippen LogP contribution in [-0.4, -0.2) is 29.7 Å². The number of carboxylic acid groups (broad SMARTS) is 1. The molecular weight excluding hydrogens is 256 g/mol. The van der Waals surface area contributed by atoms with Crippen LogP contribution in [0.5, 0.6) is 0 Å². The molecule has 0 saturated heterocycles. The third-order valence-electron chi connectivity index (χ3n) is 5.62. The first-order valence-electron chi connectivity index (χ1n) is 7.82. The Morgan fingerprint density at radius 3 is 2.50 bits per heavy atom. The molecule has 0 spiro atoms. The van der Waals surface area contributed by atoms with E-state index in [-0.39, 0.29) is 17.9 Å². The van der Waals surface area contributed by atoms with Crippen LogP contribution in [0.4, 0.5) is 4.79 Å². The Morgan fingerprint density at radius 1 is 1.20 bits per heavy atom. The van der Waals surface area contributed by atoms with E-state index in [1.54, 1.807) is 0 Å². The second kappa shape index (κ2) is 5.26. The zero-order chi connectivity index (χ0) is 14.2. The third-order valence-corrected chi connectivity index (χ3v) is 5.62. The molecule has 2 bridgehead atoms. The summed E-state index contributed by atoms with van der Waals surface area (Å²) in [5.74, 6) is 0.720. The molecule has 0 radical (unpaired) electrons. The highest BCUT2D eigenvalue weighted by Crippen LogP contribution is 2.45. The predicted molar refractivity (Wildman–Crippen MR) is 74.3 cm³/mol. The Kier molecular flexibility index (Phi) is 3.61. The van der Waals surface area contributed by atoms with Crippen LogP contribution in [0.3, 0.4) is 0 Å². The molecule has 5 nitrogen and oxygen atoms in total. The molecule has 3 unspecified atom stereocenters. The average Bonchev–Trinajstić information content (AvgIpc) is 2.94. The Hall–Kier alpha value is -1.26. The fourth-order valence-corrected chi connectivity index (χ4v) is 4.32. The summed E-state index contributed by atoms with van der Waals surface area (Å²) >= 11 is 0. The van der Waals surface area contributed by atoms with Gasteiger partial charge in [-0.3, -0.25) is 4.79 Å². The second-order valence-electron chi connectivity index (χ2n) is 7.03. The highest BCUT2D eigenvalue weighted by molar-refractivity contribution is 5.74. The van der Waals surface area contributed by atoms with Crippen molar-refractivity contribution in [2.75, 3.05) is 6.54 Å². The molecule has 3 saturated carbocycles. The second-order valence-corrected chi connectivity index (χ2v) is 7.03. The SMILES string of the molecule is O=C(O)CC1(CNC(=O)NC2CC3CCC2C3)CCC1. The van der Waals surface area contributed by atoms with Gasteiger partial charge in [-0.1, -0.05) is 12.8 Å². The lowest BCUT2D eigenvalue weighted by Crippen LogP contribution is -2.49.